The van der Waals surface area contributed by atoms with Crippen LogP contribution in [0.2, 0.25) is 0 Å². The van der Waals surface area contributed by atoms with Gasteiger partial charge >= 0.3 is 0 Å². The zero-order valence-electron chi connectivity index (χ0n) is 13.7. The van der Waals surface area contributed by atoms with Crippen LogP contribution in [0.5, 0.6) is 0 Å². The van der Waals surface area contributed by atoms with Crippen LogP contribution in [0.15, 0.2) is 66.7 Å². The van der Waals surface area contributed by atoms with E-state index in [2.05, 4.69) is 97.2 Å². The van der Waals surface area contributed by atoms with Gasteiger partial charge in [0.2, 0.25) is 0 Å². The summed E-state index contributed by atoms with van der Waals surface area (Å²) in [6, 6.07) is 24.0. The van der Waals surface area contributed by atoms with Crippen LogP contribution in [0.3, 0.4) is 0 Å². The minimum Gasteiger partial charge on any atom is -0.378 e. The maximum absolute atomic E-state index is 2.35. The Morgan fingerprint density at radius 2 is 1.39 bits per heavy atom. The Morgan fingerprint density at radius 3 is 2.09 bits per heavy atom. The van der Waals surface area contributed by atoms with Crippen LogP contribution in [-0.2, 0) is 0 Å². The molecule has 23 heavy (non-hydrogen) atoms. The molecule has 0 fully saturated rings. The number of aryl methyl sites for hydroxylation is 1. The number of benzene rings is 3. The average Bonchev–Trinajstić information content (AvgIpc) is 2.88. The minimum absolute atomic E-state index is 1.20. The normalized spacial score (nSPS) is 11.3. The second-order valence-corrected chi connectivity index (χ2v) is 6.29. The van der Waals surface area contributed by atoms with Gasteiger partial charge in [-0.3, -0.25) is 0 Å². The second kappa shape index (κ2) is 5.17. The Morgan fingerprint density at radius 1 is 0.739 bits per heavy atom. The van der Waals surface area contributed by atoms with Crippen LogP contribution in [0.1, 0.15) is 5.56 Å². The summed E-state index contributed by atoms with van der Waals surface area (Å²) in [6.45, 7) is 2.15. The van der Waals surface area contributed by atoms with Crippen molar-refractivity contribution in [1.29, 1.82) is 0 Å². The van der Waals surface area contributed by atoms with Crippen LogP contribution >= 0.6 is 0 Å². The van der Waals surface area contributed by atoms with Crippen molar-refractivity contribution in [1.82, 2.24) is 4.57 Å². The molecule has 0 aliphatic carbocycles. The van der Waals surface area contributed by atoms with Gasteiger partial charge in [-0.2, -0.15) is 0 Å². The SMILES string of the molecule is Cc1ccc2c(c1)c1cc(N(C)C)ccc1n2-c1ccccc1. The Balaban J connectivity index is 2.16. The highest BCUT2D eigenvalue weighted by molar-refractivity contribution is 6.10. The molecule has 0 spiro atoms. The van der Waals surface area contributed by atoms with Crippen LogP contribution in [-0.4, -0.2) is 18.7 Å². The van der Waals surface area contributed by atoms with Crippen LogP contribution < -0.4 is 4.90 Å². The molecule has 0 aliphatic rings. The van der Waals surface area contributed by atoms with Gasteiger partial charge in [-0.1, -0.05) is 29.8 Å². The van der Waals surface area contributed by atoms with Gasteiger partial charge < -0.3 is 9.47 Å². The molecule has 1 heterocycles. The molecular formula is C21H20N2. The highest BCUT2D eigenvalue weighted by Gasteiger charge is 2.13. The van der Waals surface area contributed by atoms with E-state index in [0.29, 0.717) is 0 Å². The topological polar surface area (TPSA) is 8.17 Å². The largest absolute Gasteiger partial charge is 0.378 e. The van der Waals surface area contributed by atoms with Crippen LogP contribution in [0, 0.1) is 6.92 Å². The molecule has 0 radical (unpaired) electrons. The van der Waals surface area contributed by atoms with Crippen molar-refractivity contribution in [3.05, 3.63) is 72.3 Å². The fourth-order valence-corrected chi connectivity index (χ4v) is 3.26. The zero-order chi connectivity index (χ0) is 16.0. The van der Waals surface area contributed by atoms with E-state index in [4.69, 9.17) is 0 Å². The summed E-state index contributed by atoms with van der Waals surface area (Å²) in [5, 5.41) is 2.62. The second-order valence-electron chi connectivity index (χ2n) is 6.29. The minimum atomic E-state index is 1.20. The molecular weight excluding hydrogens is 280 g/mol. The number of hydrogen-bond donors (Lipinski definition) is 0. The first-order chi connectivity index (χ1) is 11.1. The van der Waals surface area contributed by atoms with Crippen LogP contribution in [0.25, 0.3) is 27.5 Å². The quantitative estimate of drug-likeness (QED) is 0.496. The number of para-hydroxylation sites is 1. The molecule has 2 nitrogen and oxygen atoms in total. The zero-order valence-corrected chi connectivity index (χ0v) is 13.7. The summed E-state index contributed by atoms with van der Waals surface area (Å²) in [5.41, 5.74) is 6.23. The fourth-order valence-electron chi connectivity index (χ4n) is 3.26. The Labute approximate surface area is 136 Å². The molecule has 4 aromatic rings. The van der Waals surface area contributed by atoms with E-state index in [9.17, 15) is 0 Å². The number of fused-ring (bicyclic) bond motifs is 3. The lowest BCUT2D eigenvalue weighted by Gasteiger charge is -2.13. The van der Waals surface area contributed by atoms with E-state index < -0.39 is 0 Å². The fraction of sp³-hybridized carbons (Fsp3) is 0.143. The lowest BCUT2D eigenvalue weighted by Crippen LogP contribution is -2.08. The van der Waals surface area contributed by atoms with Crippen molar-refractivity contribution in [3.63, 3.8) is 0 Å². The van der Waals surface area contributed by atoms with Gasteiger partial charge in [-0.05, 0) is 49.4 Å². The number of hydrogen-bond acceptors (Lipinski definition) is 1. The van der Waals surface area contributed by atoms with Gasteiger partial charge in [0.15, 0.2) is 0 Å². The van der Waals surface area contributed by atoms with Gasteiger partial charge in [0.1, 0.15) is 0 Å². The van der Waals surface area contributed by atoms with Crippen molar-refractivity contribution in [2.45, 2.75) is 6.92 Å². The first-order valence-electron chi connectivity index (χ1n) is 7.93. The number of nitrogens with zero attached hydrogens (tertiary/aromatic N) is 2. The third kappa shape index (κ3) is 2.18. The molecule has 0 N–H and O–H groups in total. The first-order valence-corrected chi connectivity index (χ1v) is 7.93. The summed E-state index contributed by atoms with van der Waals surface area (Å²) in [7, 11) is 4.17. The summed E-state index contributed by atoms with van der Waals surface area (Å²) >= 11 is 0. The maximum Gasteiger partial charge on any atom is 0.0542 e. The number of anilines is 1. The van der Waals surface area contributed by atoms with E-state index >= 15 is 0 Å². The van der Waals surface area contributed by atoms with E-state index in [-0.39, 0.29) is 0 Å². The van der Waals surface area contributed by atoms with Crippen molar-refractivity contribution in [3.8, 4) is 5.69 Å². The van der Waals surface area contributed by atoms with E-state index in [1.807, 2.05) is 0 Å². The molecule has 2 heteroatoms. The summed E-state index contributed by atoms with van der Waals surface area (Å²) in [4.78, 5) is 2.15. The predicted molar refractivity (Wildman–Crippen MR) is 99.8 cm³/mol. The molecule has 0 bridgehead atoms. The highest BCUT2D eigenvalue weighted by Crippen LogP contribution is 2.34. The molecule has 0 atom stereocenters. The molecule has 4 rings (SSSR count). The van der Waals surface area contributed by atoms with Crippen molar-refractivity contribution in [2.75, 3.05) is 19.0 Å². The van der Waals surface area contributed by atoms with Crippen molar-refractivity contribution in [2.24, 2.45) is 0 Å². The third-order valence-electron chi connectivity index (χ3n) is 4.43. The molecule has 0 saturated heterocycles. The van der Waals surface area contributed by atoms with Gasteiger partial charge in [0, 0.05) is 36.2 Å². The standard InChI is InChI=1S/C21H20N2/c1-15-9-11-20-18(13-15)19-14-17(22(2)3)10-12-21(19)23(20)16-7-5-4-6-8-16/h4-14H,1-3H3. The lowest BCUT2D eigenvalue weighted by atomic mass is 10.1. The van der Waals surface area contributed by atoms with E-state index in [1.54, 1.807) is 0 Å². The molecule has 3 aromatic carbocycles. The molecule has 0 aliphatic heterocycles. The van der Waals surface area contributed by atoms with E-state index in [1.165, 1.54) is 38.7 Å². The molecule has 0 amide bonds. The third-order valence-corrected chi connectivity index (χ3v) is 4.43. The molecule has 0 saturated carbocycles. The van der Waals surface area contributed by atoms with Crippen molar-refractivity contribution >= 4 is 27.5 Å². The maximum atomic E-state index is 2.35. The Bertz CT molecular complexity index is 995. The van der Waals surface area contributed by atoms with Crippen LogP contribution in [0.4, 0.5) is 5.69 Å². The highest BCUT2D eigenvalue weighted by atomic mass is 15.1. The smallest absolute Gasteiger partial charge is 0.0542 e. The van der Waals surface area contributed by atoms with Gasteiger partial charge in [0.05, 0.1) is 11.0 Å². The predicted octanol–water partition coefficient (Wildman–Crippen LogP) is 5.16. The van der Waals surface area contributed by atoms with Crippen molar-refractivity contribution < 1.29 is 0 Å². The number of rotatable bonds is 2. The van der Waals surface area contributed by atoms with Gasteiger partial charge in [0.25, 0.3) is 0 Å². The molecule has 1 aromatic heterocycles. The monoisotopic (exact) mass is 300 g/mol. The molecule has 114 valence electrons. The first kappa shape index (κ1) is 13.9. The average molecular weight is 300 g/mol. The summed E-state index contributed by atoms with van der Waals surface area (Å²) in [5.74, 6) is 0. The number of aromatic nitrogens is 1. The Kier molecular flexibility index (Phi) is 3.12. The van der Waals surface area contributed by atoms with Gasteiger partial charge in [-0.15, -0.1) is 0 Å². The molecule has 0 unspecified atom stereocenters. The van der Waals surface area contributed by atoms with Gasteiger partial charge in [-0.25, -0.2) is 0 Å². The van der Waals surface area contributed by atoms with E-state index in [0.717, 1.165) is 0 Å². The Hall–Kier alpha value is -2.74. The summed E-state index contributed by atoms with van der Waals surface area (Å²) < 4.78 is 2.35. The summed E-state index contributed by atoms with van der Waals surface area (Å²) in [6.07, 6.45) is 0. The lowest BCUT2D eigenvalue weighted by molar-refractivity contribution is 1.13.